The number of carbonyl (C=O) groups excluding carboxylic acids is 1. The van der Waals surface area contributed by atoms with E-state index in [0.29, 0.717) is 19.5 Å². The minimum absolute atomic E-state index is 0.0574. The van der Waals surface area contributed by atoms with Crippen molar-refractivity contribution in [2.45, 2.75) is 19.3 Å². The lowest BCUT2D eigenvalue weighted by atomic mass is 10.3. The number of H-pyrrole nitrogens is 1. The Kier molecular flexibility index (Phi) is 4.71. The summed E-state index contributed by atoms with van der Waals surface area (Å²) in [4.78, 5) is 18.2. The number of nitrogens with one attached hydrogen (secondary N) is 2. The van der Waals surface area contributed by atoms with Gasteiger partial charge in [0.25, 0.3) is 0 Å². The molecule has 0 aliphatic carbocycles. The molecule has 14 heavy (non-hydrogen) atoms. The van der Waals surface area contributed by atoms with Gasteiger partial charge in [-0.3, -0.25) is 4.79 Å². The average Bonchev–Trinajstić information content (AvgIpc) is 2.67. The third-order valence-electron chi connectivity index (χ3n) is 1.85. The highest BCUT2D eigenvalue weighted by Gasteiger charge is 2.00. The summed E-state index contributed by atoms with van der Waals surface area (Å²) < 4.78 is 0. The van der Waals surface area contributed by atoms with Gasteiger partial charge >= 0.3 is 0 Å². The molecule has 1 amide bonds. The van der Waals surface area contributed by atoms with Crippen LogP contribution in [0.25, 0.3) is 0 Å². The van der Waals surface area contributed by atoms with E-state index >= 15 is 0 Å². The van der Waals surface area contributed by atoms with Crippen molar-refractivity contribution in [1.82, 2.24) is 15.3 Å². The maximum Gasteiger partial charge on any atom is 0.220 e. The van der Waals surface area contributed by atoms with Crippen LogP contribution in [0.4, 0.5) is 0 Å². The summed E-state index contributed by atoms with van der Waals surface area (Å²) in [5, 5.41) is 2.80. The molecule has 0 radical (unpaired) electrons. The monoisotopic (exact) mass is 196 g/mol. The van der Waals surface area contributed by atoms with E-state index in [9.17, 15) is 4.79 Å². The molecule has 1 rings (SSSR count). The molecule has 0 atom stereocenters. The first kappa shape index (κ1) is 10.7. The molecular formula is C9H16N4O. The Labute approximate surface area is 83.1 Å². The second kappa shape index (κ2) is 6.15. The predicted octanol–water partition coefficient (Wildman–Crippen LogP) is -0.193. The third-order valence-corrected chi connectivity index (χ3v) is 1.85. The zero-order valence-corrected chi connectivity index (χ0v) is 8.12. The number of amides is 1. The molecule has 0 aromatic carbocycles. The first-order valence-electron chi connectivity index (χ1n) is 4.78. The second-order valence-corrected chi connectivity index (χ2v) is 3.03. The van der Waals surface area contributed by atoms with Crippen LogP contribution in [-0.2, 0) is 11.2 Å². The Hall–Kier alpha value is -1.36. The fraction of sp³-hybridized carbons (Fsp3) is 0.556. The predicted molar refractivity (Wildman–Crippen MR) is 53.6 cm³/mol. The lowest BCUT2D eigenvalue weighted by Gasteiger charge is -2.02. The zero-order chi connectivity index (χ0) is 10.2. The number of aromatic amines is 1. The first-order valence-corrected chi connectivity index (χ1v) is 4.78. The molecule has 0 aliphatic rings. The summed E-state index contributed by atoms with van der Waals surface area (Å²) in [5.74, 6) is 0.950. The molecule has 1 aromatic rings. The van der Waals surface area contributed by atoms with E-state index in [2.05, 4.69) is 15.3 Å². The van der Waals surface area contributed by atoms with Gasteiger partial charge in [-0.2, -0.15) is 0 Å². The largest absolute Gasteiger partial charge is 0.356 e. The molecular weight excluding hydrogens is 180 g/mol. The molecule has 0 spiro atoms. The van der Waals surface area contributed by atoms with Crippen LogP contribution in [0, 0.1) is 0 Å². The number of imidazole rings is 1. The van der Waals surface area contributed by atoms with Crippen molar-refractivity contribution in [3.63, 3.8) is 0 Å². The second-order valence-electron chi connectivity index (χ2n) is 3.03. The number of hydrogen-bond donors (Lipinski definition) is 3. The SMILES string of the molecule is NCCCC(=O)NCCc1ncc[nH]1. The van der Waals surface area contributed by atoms with Crippen LogP contribution in [0.15, 0.2) is 12.4 Å². The number of rotatable bonds is 6. The smallest absolute Gasteiger partial charge is 0.220 e. The van der Waals surface area contributed by atoms with Crippen molar-refractivity contribution >= 4 is 5.91 Å². The Balaban J connectivity index is 2.06. The van der Waals surface area contributed by atoms with E-state index in [4.69, 9.17) is 5.73 Å². The Morgan fingerprint density at radius 2 is 2.50 bits per heavy atom. The summed E-state index contributed by atoms with van der Waals surface area (Å²) in [7, 11) is 0. The molecule has 0 saturated carbocycles. The number of carbonyl (C=O) groups is 1. The van der Waals surface area contributed by atoms with Crippen LogP contribution in [0.3, 0.4) is 0 Å². The number of hydrogen-bond acceptors (Lipinski definition) is 3. The first-order chi connectivity index (χ1) is 6.83. The van der Waals surface area contributed by atoms with Gasteiger partial charge in [-0.25, -0.2) is 4.98 Å². The highest BCUT2D eigenvalue weighted by Crippen LogP contribution is 1.89. The molecule has 0 bridgehead atoms. The van der Waals surface area contributed by atoms with Crippen LogP contribution in [0.5, 0.6) is 0 Å². The van der Waals surface area contributed by atoms with Gasteiger partial charge in [0.15, 0.2) is 0 Å². The van der Waals surface area contributed by atoms with E-state index in [1.165, 1.54) is 0 Å². The molecule has 0 saturated heterocycles. The van der Waals surface area contributed by atoms with Crippen LogP contribution in [0.1, 0.15) is 18.7 Å². The Morgan fingerprint density at radius 1 is 1.64 bits per heavy atom. The fourth-order valence-corrected chi connectivity index (χ4v) is 1.11. The molecule has 0 unspecified atom stereocenters. The molecule has 1 heterocycles. The summed E-state index contributed by atoms with van der Waals surface area (Å²) in [5.41, 5.74) is 5.29. The highest BCUT2D eigenvalue weighted by molar-refractivity contribution is 5.75. The van der Waals surface area contributed by atoms with E-state index < -0.39 is 0 Å². The fourth-order valence-electron chi connectivity index (χ4n) is 1.11. The van der Waals surface area contributed by atoms with Crippen LogP contribution in [0.2, 0.25) is 0 Å². The van der Waals surface area contributed by atoms with Crippen LogP contribution in [-0.4, -0.2) is 29.0 Å². The van der Waals surface area contributed by atoms with Crippen LogP contribution < -0.4 is 11.1 Å². The molecule has 78 valence electrons. The molecule has 0 aliphatic heterocycles. The summed E-state index contributed by atoms with van der Waals surface area (Å²) >= 11 is 0. The van der Waals surface area contributed by atoms with E-state index in [1.54, 1.807) is 12.4 Å². The Morgan fingerprint density at radius 3 is 3.14 bits per heavy atom. The minimum Gasteiger partial charge on any atom is -0.356 e. The highest BCUT2D eigenvalue weighted by atomic mass is 16.1. The molecule has 5 heteroatoms. The maximum absolute atomic E-state index is 11.1. The summed E-state index contributed by atoms with van der Waals surface area (Å²) in [6, 6.07) is 0. The number of nitrogens with zero attached hydrogens (tertiary/aromatic N) is 1. The van der Waals surface area contributed by atoms with Gasteiger partial charge in [-0.1, -0.05) is 0 Å². The lowest BCUT2D eigenvalue weighted by Crippen LogP contribution is -2.26. The van der Waals surface area contributed by atoms with Gasteiger partial charge in [-0.05, 0) is 13.0 Å². The van der Waals surface area contributed by atoms with Gasteiger partial charge in [0.1, 0.15) is 5.82 Å². The summed E-state index contributed by atoms with van der Waals surface area (Å²) in [6.07, 6.45) is 5.46. The van der Waals surface area contributed by atoms with Crippen LogP contribution >= 0.6 is 0 Å². The molecule has 1 aromatic heterocycles. The van der Waals surface area contributed by atoms with Gasteiger partial charge in [0, 0.05) is 31.8 Å². The summed E-state index contributed by atoms with van der Waals surface area (Å²) in [6.45, 7) is 1.18. The van der Waals surface area contributed by atoms with E-state index in [-0.39, 0.29) is 5.91 Å². The van der Waals surface area contributed by atoms with Gasteiger partial charge in [0.05, 0.1) is 0 Å². The molecule has 0 fully saturated rings. The van der Waals surface area contributed by atoms with Crippen molar-refractivity contribution in [2.75, 3.05) is 13.1 Å². The maximum atomic E-state index is 11.1. The number of aromatic nitrogens is 2. The van der Waals surface area contributed by atoms with Gasteiger partial charge < -0.3 is 16.0 Å². The van der Waals surface area contributed by atoms with E-state index in [1.807, 2.05) is 0 Å². The van der Waals surface area contributed by atoms with Crippen molar-refractivity contribution in [3.8, 4) is 0 Å². The van der Waals surface area contributed by atoms with Gasteiger partial charge in [-0.15, -0.1) is 0 Å². The molecule has 4 N–H and O–H groups in total. The van der Waals surface area contributed by atoms with Crippen molar-refractivity contribution in [2.24, 2.45) is 5.73 Å². The zero-order valence-electron chi connectivity index (χ0n) is 8.12. The molecule has 5 nitrogen and oxygen atoms in total. The third kappa shape index (κ3) is 4.04. The Bertz CT molecular complexity index is 258. The topological polar surface area (TPSA) is 83.8 Å². The lowest BCUT2D eigenvalue weighted by molar-refractivity contribution is -0.121. The normalized spacial score (nSPS) is 10.1. The van der Waals surface area contributed by atoms with Crippen molar-refractivity contribution < 1.29 is 4.79 Å². The standard InChI is InChI=1S/C9H16N4O/c10-4-1-2-9(14)13-5-3-8-11-6-7-12-8/h6-7H,1-5,10H2,(H,11,12)(H,13,14). The quantitative estimate of drug-likeness (QED) is 0.589. The van der Waals surface area contributed by atoms with Gasteiger partial charge in [0.2, 0.25) is 5.91 Å². The number of nitrogens with two attached hydrogens (primary N) is 1. The van der Waals surface area contributed by atoms with Crippen molar-refractivity contribution in [3.05, 3.63) is 18.2 Å². The minimum atomic E-state index is 0.0574. The average molecular weight is 196 g/mol. The van der Waals surface area contributed by atoms with Crippen molar-refractivity contribution in [1.29, 1.82) is 0 Å². The van der Waals surface area contributed by atoms with E-state index in [0.717, 1.165) is 18.7 Å².